The average Bonchev–Trinajstić information content (AvgIpc) is 2.93. The summed E-state index contributed by atoms with van der Waals surface area (Å²) in [5, 5.41) is 10.4. The maximum Gasteiger partial charge on any atom is 0.0786 e. The molecule has 0 aliphatic carbocycles. The first-order valence-electron chi connectivity index (χ1n) is 18.1. The van der Waals surface area contributed by atoms with Crippen molar-refractivity contribution in [2.75, 3.05) is 26.2 Å². The molecule has 0 saturated heterocycles. The molecule has 0 spiro atoms. The van der Waals surface area contributed by atoms with Crippen LogP contribution in [-0.2, 0) is 4.79 Å². The molecule has 0 fully saturated rings. The minimum atomic E-state index is -0.897. The highest BCUT2D eigenvalue weighted by molar-refractivity contribution is 5.64. The Bertz CT molecular complexity index is 461. The van der Waals surface area contributed by atoms with Gasteiger partial charge in [-0.05, 0) is 64.2 Å². The van der Waals surface area contributed by atoms with Gasteiger partial charge in [0.15, 0.2) is 0 Å². The van der Waals surface area contributed by atoms with E-state index in [9.17, 15) is 9.90 Å². The summed E-state index contributed by atoms with van der Waals surface area (Å²) in [6.45, 7) is 12.8. The Balaban J connectivity index is 4.06. The number of carbonyl (C=O) groups excluding carboxylic acids is 1. The molecule has 3 heteroatoms. The van der Waals surface area contributed by atoms with Crippen molar-refractivity contribution in [2.45, 2.75) is 201 Å². The minimum absolute atomic E-state index is 0.234. The maximum atomic E-state index is 10.4. The van der Waals surface area contributed by atoms with E-state index in [0.29, 0.717) is 0 Å². The summed E-state index contributed by atoms with van der Waals surface area (Å²) >= 11 is 0. The third kappa shape index (κ3) is 27.4. The van der Waals surface area contributed by atoms with Gasteiger partial charge < -0.3 is 14.4 Å². The number of carboxylic acids is 1. The van der Waals surface area contributed by atoms with Crippen LogP contribution in [0.25, 0.3) is 0 Å². The van der Waals surface area contributed by atoms with Crippen LogP contribution in [0.5, 0.6) is 0 Å². The molecule has 234 valence electrons. The Labute approximate surface area is 246 Å². The fourth-order valence-corrected chi connectivity index (χ4v) is 6.31. The highest BCUT2D eigenvalue weighted by Gasteiger charge is 2.25. The smallest absolute Gasteiger partial charge is 0.0786 e. The minimum Gasteiger partial charge on any atom is -0.550 e. The average molecular weight is 552 g/mol. The summed E-state index contributed by atoms with van der Waals surface area (Å²) in [5.41, 5.74) is 0. The van der Waals surface area contributed by atoms with Crippen LogP contribution < -0.4 is 5.11 Å². The number of carbonyl (C=O) groups is 1. The molecule has 0 aliphatic rings. The molecule has 39 heavy (non-hydrogen) atoms. The molecule has 0 bridgehead atoms. The Morgan fingerprint density at radius 3 is 0.872 bits per heavy atom. The molecule has 0 aromatic carbocycles. The first-order chi connectivity index (χ1) is 19.1. The van der Waals surface area contributed by atoms with Crippen molar-refractivity contribution in [1.29, 1.82) is 0 Å². The molecule has 0 atom stereocenters. The van der Waals surface area contributed by atoms with Gasteiger partial charge in [0.2, 0.25) is 0 Å². The number of quaternary nitrogens is 1. The Hall–Kier alpha value is -0.570. The lowest BCUT2D eigenvalue weighted by Gasteiger charge is -2.39. The Morgan fingerprint density at radius 2 is 0.615 bits per heavy atom. The van der Waals surface area contributed by atoms with E-state index < -0.39 is 5.97 Å². The summed E-state index contributed by atoms with van der Waals surface area (Å²) in [7, 11) is 0. The van der Waals surface area contributed by atoms with Crippen molar-refractivity contribution in [1.82, 2.24) is 0 Å². The molecule has 0 rings (SSSR count). The summed E-state index contributed by atoms with van der Waals surface area (Å²) < 4.78 is 1.44. The van der Waals surface area contributed by atoms with Crippen molar-refractivity contribution in [2.24, 2.45) is 0 Å². The van der Waals surface area contributed by atoms with E-state index in [0.717, 1.165) is 12.8 Å². The zero-order valence-corrected chi connectivity index (χ0v) is 27.4. The summed E-state index contributed by atoms with van der Waals surface area (Å²) in [5.74, 6) is -0.897. The lowest BCUT2D eigenvalue weighted by atomic mass is 10.0. The second-order valence-electron chi connectivity index (χ2n) is 12.8. The summed E-state index contributed by atoms with van der Waals surface area (Å²) in [6.07, 6.45) is 37.0. The molecule has 0 aromatic heterocycles. The lowest BCUT2D eigenvalue weighted by Crippen LogP contribution is -2.50. The molecular weight excluding hydrogens is 478 g/mol. The molecule has 0 aliphatic heterocycles. The van der Waals surface area contributed by atoms with Gasteiger partial charge in [-0.15, -0.1) is 0 Å². The third-order valence-corrected chi connectivity index (χ3v) is 8.97. The van der Waals surface area contributed by atoms with E-state index in [4.69, 9.17) is 0 Å². The predicted molar refractivity (Wildman–Crippen MR) is 171 cm³/mol. The topological polar surface area (TPSA) is 40.1 Å². The van der Waals surface area contributed by atoms with Crippen molar-refractivity contribution in [3.63, 3.8) is 0 Å². The van der Waals surface area contributed by atoms with Gasteiger partial charge in [-0.1, -0.05) is 136 Å². The fraction of sp³-hybridized carbons (Fsp3) is 0.972. The Kier molecular flexibility index (Phi) is 29.9. The van der Waals surface area contributed by atoms with Gasteiger partial charge in [0.25, 0.3) is 0 Å². The van der Waals surface area contributed by atoms with Crippen LogP contribution in [0.15, 0.2) is 0 Å². The van der Waals surface area contributed by atoms with Crippen LogP contribution in [0.1, 0.15) is 201 Å². The van der Waals surface area contributed by atoms with Crippen molar-refractivity contribution >= 4 is 5.97 Å². The number of unbranched alkanes of at least 4 members (excludes halogenated alkanes) is 23. The van der Waals surface area contributed by atoms with Gasteiger partial charge >= 0.3 is 0 Å². The number of rotatable bonds is 33. The second kappa shape index (κ2) is 30.4. The molecule has 0 unspecified atom stereocenters. The zero-order chi connectivity index (χ0) is 28.7. The van der Waals surface area contributed by atoms with Crippen molar-refractivity contribution in [3.8, 4) is 0 Å². The Morgan fingerprint density at radius 1 is 0.385 bits per heavy atom. The van der Waals surface area contributed by atoms with E-state index >= 15 is 0 Å². The van der Waals surface area contributed by atoms with Crippen molar-refractivity contribution in [3.05, 3.63) is 0 Å². The number of carboxylic acid groups (broad SMARTS) is 1. The fourth-order valence-electron chi connectivity index (χ4n) is 6.31. The van der Waals surface area contributed by atoms with Gasteiger partial charge in [0.05, 0.1) is 26.2 Å². The normalized spacial score (nSPS) is 11.9. The molecule has 0 aromatic rings. The largest absolute Gasteiger partial charge is 0.550 e. The van der Waals surface area contributed by atoms with Gasteiger partial charge in [-0.2, -0.15) is 0 Å². The molecule has 0 saturated carbocycles. The van der Waals surface area contributed by atoms with Crippen LogP contribution in [0, 0.1) is 0 Å². The quantitative estimate of drug-likeness (QED) is 0.0601. The van der Waals surface area contributed by atoms with Crippen LogP contribution in [0.4, 0.5) is 0 Å². The number of hydrogen-bond acceptors (Lipinski definition) is 2. The number of aliphatic carboxylic acids is 1. The first-order valence-corrected chi connectivity index (χ1v) is 18.1. The lowest BCUT2D eigenvalue weighted by molar-refractivity contribution is -0.929. The molecular formula is C36H73NO2. The van der Waals surface area contributed by atoms with Crippen LogP contribution in [0.2, 0.25) is 0 Å². The summed E-state index contributed by atoms with van der Waals surface area (Å²) in [6, 6.07) is 0. The monoisotopic (exact) mass is 552 g/mol. The van der Waals surface area contributed by atoms with Gasteiger partial charge in [0.1, 0.15) is 0 Å². The van der Waals surface area contributed by atoms with Crippen molar-refractivity contribution < 1.29 is 14.4 Å². The van der Waals surface area contributed by atoms with E-state index in [1.165, 1.54) is 191 Å². The zero-order valence-electron chi connectivity index (χ0n) is 27.4. The van der Waals surface area contributed by atoms with Gasteiger partial charge in [-0.3, -0.25) is 0 Å². The van der Waals surface area contributed by atoms with Crippen LogP contribution in [0.3, 0.4) is 0 Å². The number of nitrogens with zero attached hydrogens (tertiary/aromatic N) is 1. The summed E-state index contributed by atoms with van der Waals surface area (Å²) in [4.78, 5) is 10.4. The van der Waals surface area contributed by atoms with E-state index in [1.54, 1.807) is 0 Å². The highest BCUT2D eigenvalue weighted by Crippen LogP contribution is 2.20. The molecule has 0 radical (unpaired) electrons. The molecule has 0 heterocycles. The SMILES string of the molecule is CCCCCC[N+](CCCCCC)(CCCCCC)CCCCCCCCCCCCCCCCCC(=O)[O-]. The van der Waals surface area contributed by atoms with Gasteiger partial charge in [-0.25, -0.2) is 0 Å². The van der Waals surface area contributed by atoms with Gasteiger partial charge in [0, 0.05) is 5.97 Å². The highest BCUT2D eigenvalue weighted by atomic mass is 16.4. The maximum absolute atomic E-state index is 10.4. The standard InChI is InChI=1S/C36H73NO2/c1-4-7-10-27-32-37(33-28-11-8-5-2,34-29-12-9-6-3)35-30-25-23-21-19-17-15-13-14-16-18-20-22-24-26-31-36(38)39/h4-35H2,1-3H3. The van der Waals surface area contributed by atoms with E-state index in [-0.39, 0.29) is 6.42 Å². The van der Waals surface area contributed by atoms with Crippen LogP contribution >= 0.6 is 0 Å². The van der Waals surface area contributed by atoms with Crippen LogP contribution in [-0.4, -0.2) is 36.6 Å². The predicted octanol–water partition coefficient (Wildman–Crippen LogP) is 10.5. The molecule has 3 nitrogen and oxygen atoms in total. The molecule has 0 N–H and O–H groups in total. The molecule has 0 amide bonds. The first kappa shape index (κ1) is 38.4. The third-order valence-electron chi connectivity index (χ3n) is 8.97. The van der Waals surface area contributed by atoms with E-state index in [2.05, 4.69) is 20.8 Å². The van der Waals surface area contributed by atoms with E-state index in [1.807, 2.05) is 0 Å². The number of hydrogen-bond donors (Lipinski definition) is 0. The second-order valence-corrected chi connectivity index (χ2v) is 12.8.